The second-order valence-corrected chi connectivity index (χ2v) is 9.86. The molecule has 0 heterocycles. The minimum Gasteiger partial charge on any atom is -0.463 e. The first-order valence-corrected chi connectivity index (χ1v) is 14.0. The minimum atomic E-state index is -4.35. The third kappa shape index (κ3) is 24.0. The van der Waals surface area contributed by atoms with Crippen LogP contribution < -0.4 is 5.32 Å². The number of aliphatic hydroxyl groups is 1. The van der Waals surface area contributed by atoms with Crippen LogP contribution >= 0.6 is 7.82 Å². The summed E-state index contributed by atoms with van der Waals surface area (Å²) in [5.41, 5.74) is 0. The van der Waals surface area contributed by atoms with Crippen LogP contribution in [0.15, 0.2) is 0 Å². The van der Waals surface area contributed by atoms with E-state index in [1.54, 1.807) is 0 Å². The summed E-state index contributed by atoms with van der Waals surface area (Å²) in [7, 11) is -4.35. The number of unbranched alkanes of at least 4 members (excludes halogenated alkanes) is 12. The third-order valence-corrected chi connectivity index (χ3v) is 6.07. The van der Waals surface area contributed by atoms with Gasteiger partial charge in [-0.2, -0.15) is 0 Å². The number of carbonyl (C=O) groups is 2. The lowest BCUT2D eigenvalue weighted by molar-refractivity contribution is -0.147. The zero-order chi connectivity index (χ0) is 24.8. The maximum absolute atomic E-state index is 11.7. The molecule has 10 heteroatoms. The van der Waals surface area contributed by atoms with Crippen LogP contribution in [0.2, 0.25) is 0 Å². The van der Waals surface area contributed by atoms with Gasteiger partial charge in [-0.25, -0.2) is 4.57 Å². The molecule has 0 rings (SSSR count). The summed E-state index contributed by atoms with van der Waals surface area (Å²) in [6.07, 6.45) is 15.0. The summed E-state index contributed by atoms with van der Waals surface area (Å²) >= 11 is 0. The molecule has 0 aliphatic rings. The van der Waals surface area contributed by atoms with E-state index in [-0.39, 0.29) is 32.1 Å². The number of phosphoric ester groups is 1. The van der Waals surface area contributed by atoms with E-state index in [1.165, 1.54) is 71.1 Å². The molecular formula is C23H46NO8P. The molecule has 2 unspecified atom stereocenters. The van der Waals surface area contributed by atoms with E-state index in [1.807, 2.05) is 0 Å². The fraction of sp³-hybridized carbons (Fsp3) is 0.913. The van der Waals surface area contributed by atoms with Crippen molar-refractivity contribution in [3.8, 4) is 0 Å². The van der Waals surface area contributed by atoms with Crippen LogP contribution in [0.3, 0.4) is 0 Å². The molecule has 0 aromatic rings. The Balaban J connectivity index is 3.55. The van der Waals surface area contributed by atoms with E-state index >= 15 is 0 Å². The van der Waals surface area contributed by atoms with Crippen molar-refractivity contribution in [1.29, 1.82) is 0 Å². The van der Waals surface area contributed by atoms with Crippen LogP contribution in [-0.4, -0.2) is 54.3 Å². The number of hydrogen-bond acceptors (Lipinski definition) is 7. The van der Waals surface area contributed by atoms with E-state index in [0.29, 0.717) is 0 Å². The van der Waals surface area contributed by atoms with Crippen molar-refractivity contribution in [3.63, 3.8) is 0 Å². The molecule has 0 aromatic carbocycles. The Labute approximate surface area is 199 Å². The largest absolute Gasteiger partial charge is 0.472 e. The molecule has 0 saturated carbocycles. The highest BCUT2D eigenvalue weighted by molar-refractivity contribution is 7.47. The van der Waals surface area contributed by atoms with Gasteiger partial charge in [-0.15, -0.1) is 0 Å². The van der Waals surface area contributed by atoms with Gasteiger partial charge in [-0.1, -0.05) is 84.0 Å². The maximum Gasteiger partial charge on any atom is 0.472 e. The molecule has 0 fully saturated rings. The molecule has 0 radical (unpaired) electrons. The molecule has 0 aliphatic carbocycles. The lowest BCUT2D eigenvalue weighted by atomic mass is 10.0. The number of esters is 1. The summed E-state index contributed by atoms with van der Waals surface area (Å²) in [6.45, 7) is 2.57. The number of rotatable bonds is 23. The molecule has 0 aromatic heterocycles. The molecular weight excluding hydrogens is 449 g/mol. The molecule has 0 aliphatic heterocycles. The Morgan fingerprint density at radius 3 is 1.88 bits per heavy atom. The van der Waals surface area contributed by atoms with Gasteiger partial charge < -0.3 is 20.1 Å². The van der Waals surface area contributed by atoms with Crippen molar-refractivity contribution in [2.24, 2.45) is 0 Å². The molecule has 33 heavy (non-hydrogen) atoms. The normalized spacial score (nSPS) is 13.9. The fourth-order valence-electron chi connectivity index (χ4n) is 3.20. The number of nitrogens with one attached hydrogen (secondary N) is 1. The molecule has 3 N–H and O–H groups in total. The molecule has 0 spiro atoms. The monoisotopic (exact) mass is 495 g/mol. The van der Waals surface area contributed by atoms with E-state index in [4.69, 9.17) is 4.74 Å². The quantitative estimate of drug-likeness (QED) is 0.106. The number of hydrogen-bond donors (Lipinski definition) is 3. The second kappa shape index (κ2) is 21.5. The van der Waals surface area contributed by atoms with Crippen molar-refractivity contribution in [1.82, 2.24) is 5.32 Å². The molecule has 9 nitrogen and oxygen atoms in total. The van der Waals surface area contributed by atoms with Crippen molar-refractivity contribution in [3.05, 3.63) is 0 Å². The smallest absolute Gasteiger partial charge is 0.463 e. The van der Waals surface area contributed by atoms with Crippen molar-refractivity contribution in [2.45, 2.75) is 110 Å². The molecule has 1 amide bonds. The maximum atomic E-state index is 11.7. The number of amides is 1. The van der Waals surface area contributed by atoms with E-state index in [2.05, 4.69) is 21.3 Å². The highest BCUT2D eigenvalue weighted by Gasteiger charge is 2.23. The summed E-state index contributed by atoms with van der Waals surface area (Å²) in [5.74, 6) is -0.695. The summed E-state index contributed by atoms with van der Waals surface area (Å²) in [6, 6.07) is 0. The van der Waals surface area contributed by atoms with Crippen LogP contribution in [0.1, 0.15) is 104 Å². The van der Waals surface area contributed by atoms with Gasteiger partial charge in [-0.3, -0.25) is 18.6 Å². The highest BCUT2D eigenvalue weighted by atomic mass is 31.2. The number of phosphoric acid groups is 1. The van der Waals surface area contributed by atoms with Crippen LogP contribution in [0.25, 0.3) is 0 Å². The lowest BCUT2D eigenvalue weighted by Gasteiger charge is -2.15. The Kier molecular flexibility index (Phi) is 20.9. The van der Waals surface area contributed by atoms with Gasteiger partial charge in [0.15, 0.2) is 0 Å². The molecule has 0 saturated heterocycles. The van der Waals surface area contributed by atoms with Gasteiger partial charge >= 0.3 is 13.8 Å². The zero-order valence-electron chi connectivity index (χ0n) is 20.6. The van der Waals surface area contributed by atoms with Crippen molar-refractivity contribution < 1.29 is 37.9 Å². The summed E-state index contributed by atoms with van der Waals surface area (Å²) < 4.78 is 25.9. The number of aliphatic hydroxyl groups excluding tert-OH is 1. The Hall–Kier alpha value is -0.990. The lowest BCUT2D eigenvalue weighted by Crippen LogP contribution is -2.25. The first-order chi connectivity index (χ1) is 15.8. The van der Waals surface area contributed by atoms with Crippen molar-refractivity contribution in [2.75, 3.05) is 26.4 Å². The van der Waals surface area contributed by atoms with E-state index in [9.17, 15) is 24.2 Å². The van der Waals surface area contributed by atoms with Crippen LogP contribution in [0.5, 0.6) is 0 Å². The fourth-order valence-corrected chi connectivity index (χ4v) is 3.96. The Morgan fingerprint density at radius 2 is 1.36 bits per heavy atom. The summed E-state index contributed by atoms with van der Waals surface area (Å²) in [5, 5.41) is 12.1. The Bertz CT molecular complexity index is 547. The van der Waals surface area contributed by atoms with Crippen LogP contribution in [-0.2, 0) is 27.9 Å². The van der Waals surface area contributed by atoms with Gasteiger partial charge in [0.05, 0.1) is 13.2 Å². The molecule has 196 valence electrons. The molecule has 2 atom stereocenters. The van der Waals surface area contributed by atoms with Gasteiger partial charge in [0.2, 0.25) is 5.91 Å². The minimum absolute atomic E-state index is 0.0581. The first-order valence-electron chi connectivity index (χ1n) is 12.5. The number of carbonyl (C=O) groups excluding carboxylic acids is 2. The highest BCUT2D eigenvalue weighted by Crippen LogP contribution is 2.42. The predicted molar refractivity (Wildman–Crippen MR) is 128 cm³/mol. The SMILES string of the molecule is CCCCCCCCCCCCCCCC(=O)OCC(O)COP(=O)(O)OCCNC(C)=O. The standard InChI is InChI=1S/C23H46NO8P/c1-3-4-5-6-7-8-9-10-11-12-13-14-15-16-23(27)30-19-22(26)20-32-33(28,29)31-18-17-24-21(2)25/h22,26H,3-20H2,1-2H3,(H,24,25)(H,28,29). The van der Waals surface area contributed by atoms with Gasteiger partial charge in [0, 0.05) is 19.9 Å². The second-order valence-electron chi connectivity index (χ2n) is 8.41. The Morgan fingerprint density at radius 1 is 0.848 bits per heavy atom. The predicted octanol–water partition coefficient (Wildman–Crippen LogP) is 4.64. The topological polar surface area (TPSA) is 131 Å². The number of ether oxygens (including phenoxy) is 1. The van der Waals surface area contributed by atoms with Gasteiger partial charge in [0.1, 0.15) is 12.7 Å². The average Bonchev–Trinajstić information content (AvgIpc) is 2.77. The summed E-state index contributed by atoms with van der Waals surface area (Å²) in [4.78, 5) is 31.9. The van der Waals surface area contributed by atoms with Crippen LogP contribution in [0.4, 0.5) is 0 Å². The first kappa shape index (κ1) is 32.0. The van der Waals surface area contributed by atoms with E-state index < -0.39 is 26.5 Å². The van der Waals surface area contributed by atoms with Crippen molar-refractivity contribution >= 4 is 19.7 Å². The third-order valence-electron chi connectivity index (χ3n) is 5.08. The molecule has 0 bridgehead atoms. The van der Waals surface area contributed by atoms with Crippen LogP contribution in [0, 0.1) is 0 Å². The van der Waals surface area contributed by atoms with E-state index in [0.717, 1.165) is 19.3 Å². The zero-order valence-corrected chi connectivity index (χ0v) is 21.5. The van der Waals surface area contributed by atoms with Gasteiger partial charge in [0.25, 0.3) is 0 Å². The average molecular weight is 496 g/mol. The van der Waals surface area contributed by atoms with Gasteiger partial charge in [-0.05, 0) is 6.42 Å².